The van der Waals surface area contributed by atoms with Crippen LogP contribution in [-0.2, 0) is 17.8 Å². The van der Waals surface area contributed by atoms with Gasteiger partial charge in [-0.2, -0.15) is 0 Å². The highest BCUT2D eigenvalue weighted by Gasteiger charge is 2.24. The van der Waals surface area contributed by atoms with Crippen LogP contribution in [0.1, 0.15) is 44.2 Å². The first-order valence-electron chi connectivity index (χ1n) is 9.38. The largest absolute Gasteiger partial charge is 0.383 e. The van der Waals surface area contributed by atoms with Crippen LogP contribution < -0.4 is 21.9 Å². The van der Waals surface area contributed by atoms with Gasteiger partial charge in [0.1, 0.15) is 5.82 Å². The second kappa shape index (κ2) is 9.21. The summed E-state index contributed by atoms with van der Waals surface area (Å²) in [4.78, 5) is 41.4. The third kappa shape index (κ3) is 4.67. The van der Waals surface area contributed by atoms with Gasteiger partial charge in [-0.25, -0.2) is 4.79 Å². The topological polar surface area (TPSA) is 101 Å². The molecule has 0 saturated carbocycles. The molecule has 1 amide bonds. The van der Waals surface area contributed by atoms with Gasteiger partial charge in [0.15, 0.2) is 5.69 Å². The minimum atomic E-state index is -0.626. The molecular weight excluding hydrogens is 344 g/mol. The Kier molecular flexibility index (Phi) is 6.98. The predicted octanol–water partition coefficient (Wildman–Crippen LogP) is 2.21. The first-order chi connectivity index (χ1) is 12.9. The summed E-state index contributed by atoms with van der Waals surface area (Å²) in [7, 11) is 0. The third-order valence-electron chi connectivity index (χ3n) is 4.57. The number of nitrogens with two attached hydrogens (primary N) is 1. The van der Waals surface area contributed by atoms with Crippen LogP contribution in [0, 0.1) is 6.92 Å². The van der Waals surface area contributed by atoms with Crippen molar-refractivity contribution in [2.45, 2.75) is 53.0 Å². The van der Waals surface area contributed by atoms with Gasteiger partial charge in [-0.15, -0.1) is 0 Å². The van der Waals surface area contributed by atoms with E-state index in [1.165, 1.54) is 9.47 Å². The Bertz CT molecular complexity index is 914. The van der Waals surface area contributed by atoms with Crippen molar-refractivity contribution in [3.8, 4) is 0 Å². The van der Waals surface area contributed by atoms with Gasteiger partial charge < -0.3 is 10.6 Å². The number of nitrogens with zero attached hydrogens (tertiary/aromatic N) is 2. The van der Waals surface area contributed by atoms with Crippen LogP contribution in [0.5, 0.6) is 0 Å². The summed E-state index contributed by atoms with van der Waals surface area (Å²) in [5.41, 5.74) is 6.96. The number of aromatic nitrogens is 2. The number of anilines is 2. The first-order valence-corrected chi connectivity index (χ1v) is 9.38. The molecule has 0 bridgehead atoms. The normalized spacial score (nSPS) is 10.8. The first kappa shape index (κ1) is 20.5. The zero-order valence-electron chi connectivity index (χ0n) is 16.2. The molecule has 3 N–H and O–H groups in total. The Morgan fingerprint density at radius 1 is 1.19 bits per heavy atom. The molecule has 7 nitrogen and oxygen atoms in total. The highest BCUT2D eigenvalue weighted by Crippen LogP contribution is 2.20. The summed E-state index contributed by atoms with van der Waals surface area (Å²) in [6, 6.07) is 7.65. The monoisotopic (exact) mass is 372 g/mol. The van der Waals surface area contributed by atoms with Crippen LogP contribution in [-0.4, -0.2) is 22.0 Å². The van der Waals surface area contributed by atoms with Crippen molar-refractivity contribution in [3.05, 3.63) is 56.2 Å². The fourth-order valence-corrected chi connectivity index (χ4v) is 3.03. The maximum absolute atomic E-state index is 13.1. The highest BCUT2D eigenvalue weighted by molar-refractivity contribution is 5.96. The number of amides is 1. The molecule has 0 radical (unpaired) electrons. The molecule has 2 aromatic rings. The lowest BCUT2D eigenvalue weighted by Crippen LogP contribution is -2.42. The van der Waals surface area contributed by atoms with Crippen molar-refractivity contribution in [1.29, 1.82) is 0 Å². The molecule has 0 fully saturated rings. The van der Waals surface area contributed by atoms with Gasteiger partial charge >= 0.3 is 5.69 Å². The lowest BCUT2D eigenvalue weighted by atomic mass is 10.0. The lowest BCUT2D eigenvalue weighted by Gasteiger charge is -2.24. The van der Waals surface area contributed by atoms with Gasteiger partial charge in [0.25, 0.3) is 5.56 Å². The summed E-state index contributed by atoms with van der Waals surface area (Å²) < 4.78 is 1.32. The second-order valence-electron chi connectivity index (χ2n) is 6.65. The summed E-state index contributed by atoms with van der Waals surface area (Å²) in [6.07, 6.45) is 2.44. The number of carbonyl (C=O) groups excluding carboxylic acids is 1. The van der Waals surface area contributed by atoms with E-state index < -0.39 is 11.2 Å². The minimum absolute atomic E-state index is 0.0415. The number of nitrogens with one attached hydrogen (secondary N) is 1. The molecule has 1 heterocycles. The molecule has 1 aromatic carbocycles. The zero-order chi connectivity index (χ0) is 20.0. The van der Waals surface area contributed by atoms with Gasteiger partial charge in [0.2, 0.25) is 5.91 Å². The Morgan fingerprint density at radius 2 is 1.89 bits per heavy atom. The van der Waals surface area contributed by atoms with E-state index >= 15 is 0 Å². The number of unbranched alkanes of at least 4 members (excludes halogenated alkanes) is 1. The number of rotatable bonds is 8. The van der Waals surface area contributed by atoms with Crippen LogP contribution in [0.15, 0.2) is 33.9 Å². The van der Waals surface area contributed by atoms with E-state index in [-0.39, 0.29) is 23.8 Å². The third-order valence-corrected chi connectivity index (χ3v) is 4.57. The van der Waals surface area contributed by atoms with E-state index in [2.05, 4.69) is 4.98 Å². The fraction of sp³-hybridized carbons (Fsp3) is 0.450. The molecule has 0 unspecified atom stereocenters. The number of aromatic amines is 1. The highest BCUT2D eigenvalue weighted by atomic mass is 16.2. The van der Waals surface area contributed by atoms with Crippen molar-refractivity contribution in [3.63, 3.8) is 0 Å². The number of aryl methyl sites for hydroxylation is 1. The predicted molar refractivity (Wildman–Crippen MR) is 108 cm³/mol. The number of hydrogen-bond acceptors (Lipinski definition) is 4. The Balaban J connectivity index is 2.49. The molecule has 2 rings (SSSR count). The van der Waals surface area contributed by atoms with Crippen LogP contribution in [0.2, 0.25) is 0 Å². The van der Waals surface area contributed by atoms with Gasteiger partial charge in [0.05, 0.1) is 6.42 Å². The number of hydrogen-bond donors (Lipinski definition) is 2. The summed E-state index contributed by atoms with van der Waals surface area (Å²) in [6.45, 7) is 6.62. The van der Waals surface area contributed by atoms with E-state index in [1.807, 2.05) is 45.0 Å². The van der Waals surface area contributed by atoms with Crippen molar-refractivity contribution in [2.75, 3.05) is 17.2 Å². The molecule has 7 heteroatoms. The van der Waals surface area contributed by atoms with Crippen LogP contribution in [0.4, 0.5) is 11.5 Å². The maximum atomic E-state index is 13.1. The van der Waals surface area contributed by atoms with Crippen molar-refractivity contribution in [2.24, 2.45) is 0 Å². The SMILES string of the molecule is CCCCN(C(=O)Cc1ccccc1C)c1c(N)n(CCC)c(=O)[nH]c1=O. The van der Waals surface area contributed by atoms with E-state index in [9.17, 15) is 14.4 Å². The van der Waals surface area contributed by atoms with Gasteiger partial charge in [-0.3, -0.25) is 19.1 Å². The summed E-state index contributed by atoms with van der Waals surface area (Å²) in [5.74, 6) is -0.170. The lowest BCUT2D eigenvalue weighted by molar-refractivity contribution is -0.118. The molecule has 1 aromatic heterocycles. The number of H-pyrrole nitrogens is 1. The smallest absolute Gasteiger partial charge is 0.330 e. The Morgan fingerprint density at radius 3 is 2.52 bits per heavy atom. The second-order valence-corrected chi connectivity index (χ2v) is 6.65. The Labute approximate surface area is 158 Å². The quantitative estimate of drug-likeness (QED) is 0.742. The summed E-state index contributed by atoms with van der Waals surface area (Å²) in [5, 5.41) is 0. The molecule has 0 aliphatic heterocycles. The van der Waals surface area contributed by atoms with Crippen LogP contribution in [0.3, 0.4) is 0 Å². The summed E-state index contributed by atoms with van der Waals surface area (Å²) >= 11 is 0. The van der Waals surface area contributed by atoms with Gasteiger partial charge in [0, 0.05) is 13.1 Å². The van der Waals surface area contributed by atoms with Crippen molar-refractivity contribution in [1.82, 2.24) is 9.55 Å². The van der Waals surface area contributed by atoms with Crippen molar-refractivity contribution < 1.29 is 4.79 Å². The van der Waals surface area contributed by atoms with Gasteiger partial charge in [-0.1, -0.05) is 44.5 Å². The molecule has 146 valence electrons. The van der Waals surface area contributed by atoms with E-state index in [1.54, 1.807) is 0 Å². The number of benzene rings is 1. The fourth-order valence-electron chi connectivity index (χ4n) is 3.03. The molecule has 0 saturated heterocycles. The Hall–Kier alpha value is -2.83. The zero-order valence-corrected chi connectivity index (χ0v) is 16.2. The molecule has 0 aliphatic carbocycles. The average molecular weight is 372 g/mol. The van der Waals surface area contributed by atoms with E-state index in [0.717, 1.165) is 24.0 Å². The average Bonchev–Trinajstić information content (AvgIpc) is 2.63. The van der Waals surface area contributed by atoms with Gasteiger partial charge in [-0.05, 0) is 30.9 Å². The molecular formula is C20H28N4O3. The number of nitrogen functional groups attached to an aromatic ring is 1. The van der Waals surface area contributed by atoms with Crippen LogP contribution >= 0.6 is 0 Å². The standard InChI is InChI=1S/C20H28N4O3/c1-4-6-12-23(16(25)13-15-10-8-7-9-14(15)3)17-18(21)24(11-5-2)20(27)22-19(17)26/h7-10H,4-6,11-13,21H2,1-3H3,(H,22,26,27). The molecule has 27 heavy (non-hydrogen) atoms. The van der Waals surface area contributed by atoms with Crippen LogP contribution in [0.25, 0.3) is 0 Å². The van der Waals surface area contributed by atoms with E-state index in [4.69, 9.17) is 5.73 Å². The van der Waals surface area contributed by atoms with E-state index in [0.29, 0.717) is 19.5 Å². The molecule has 0 atom stereocenters. The number of carbonyl (C=O) groups is 1. The van der Waals surface area contributed by atoms with Crippen molar-refractivity contribution >= 4 is 17.4 Å². The maximum Gasteiger partial charge on any atom is 0.330 e. The minimum Gasteiger partial charge on any atom is -0.383 e. The molecule has 0 spiro atoms. The molecule has 0 aliphatic rings.